The van der Waals surface area contributed by atoms with E-state index in [2.05, 4.69) is 94.3 Å². The topological polar surface area (TPSA) is 38.3 Å². The second-order valence-electron chi connectivity index (χ2n) is 10.6. The molecule has 0 aromatic rings. The van der Waals surface area contributed by atoms with Crippen LogP contribution in [0.25, 0.3) is 0 Å². The van der Waals surface area contributed by atoms with E-state index >= 15 is 0 Å². The fourth-order valence-electron chi connectivity index (χ4n) is 5.89. The molecule has 0 radical (unpaired) electrons. The minimum absolute atomic E-state index is 0.0145. The lowest BCUT2D eigenvalue weighted by Crippen LogP contribution is -2.64. The van der Waals surface area contributed by atoms with E-state index in [1.807, 2.05) is 11.8 Å². The maximum atomic E-state index is 13.7. The van der Waals surface area contributed by atoms with Gasteiger partial charge in [0.15, 0.2) is 0 Å². The molecule has 0 saturated heterocycles. The quantitative estimate of drug-likeness (QED) is 0.287. The fourth-order valence-corrected chi connectivity index (χ4v) is 17.4. The lowest BCUT2D eigenvalue weighted by molar-refractivity contribution is -0.137. The van der Waals surface area contributed by atoms with Crippen LogP contribution in [0.3, 0.4) is 0 Å². The van der Waals surface area contributed by atoms with E-state index in [1.165, 1.54) is 0 Å². The van der Waals surface area contributed by atoms with Crippen LogP contribution >= 0.6 is 11.8 Å². The molecule has 0 aromatic carbocycles. The van der Waals surface area contributed by atoms with Crippen molar-refractivity contribution >= 4 is 34.3 Å². The Morgan fingerprint density at radius 3 is 1.41 bits per heavy atom. The van der Waals surface area contributed by atoms with E-state index < -0.39 is 16.6 Å². The van der Waals surface area contributed by atoms with Gasteiger partial charge < -0.3 is 9.41 Å². The van der Waals surface area contributed by atoms with Crippen molar-refractivity contribution in [3.05, 3.63) is 0 Å². The molecule has 29 heavy (non-hydrogen) atoms. The number of hydrogen-bond donors (Lipinski definition) is 1. The fraction of sp³-hybridized carbons (Fsp3) is 0.957. The summed E-state index contributed by atoms with van der Waals surface area (Å²) in [6, 6.07) is -0.190. The van der Waals surface area contributed by atoms with Gasteiger partial charge in [0.05, 0.1) is 6.04 Å². The molecule has 0 fully saturated rings. The second kappa shape index (κ2) is 12.3. The third-order valence-electron chi connectivity index (χ3n) is 7.17. The van der Waals surface area contributed by atoms with Crippen molar-refractivity contribution in [2.24, 2.45) is 0 Å². The molecule has 0 amide bonds. The largest absolute Gasteiger partial charge is 0.517 e. The van der Waals surface area contributed by atoms with Crippen LogP contribution < -0.4 is 4.98 Å². The van der Waals surface area contributed by atoms with E-state index in [0.717, 1.165) is 12.2 Å². The van der Waals surface area contributed by atoms with Gasteiger partial charge in [-0.3, -0.25) is 4.79 Å². The average Bonchev–Trinajstić information content (AvgIpc) is 2.57. The van der Waals surface area contributed by atoms with Crippen molar-refractivity contribution in [3.8, 4) is 0 Å². The van der Waals surface area contributed by atoms with Crippen molar-refractivity contribution in [2.45, 2.75) is 129 Å². The van der Waals surface area contributed by atoms with E-state index in [0.29, 0.717) is 33.2 Å². The zero-order valence-electron chi connectivity index (χ0n) is 21.7. The summed E-state index contributed by atoms with van der Waals surface area (Å²) in [7, 11) is -4.14. The molecule has 3 nitrogen and oxygen atoms in total. The van der Waals surface area contributed by atoms with Crippen LogP contribution in [0.5, 0.6) is 0 Å². The first-order valence-corrected chi connectivity index (χ1v) is 17.5. The molecule has 0 aliphatic carbocycles. The van der Waals surface area contributed by atoms with Gasteiger partial charge in [-0.1, -0.05) is 83.1 Å². The summed E-state index contributed by atoms with van der Waals surface area (Å²) in [6.07, 6.45) is 2.97. The Morgan fingerprint density at radius 1 is 0.759 bits per heavy atom. The molecule has 0 aliphatic heterocycles. The van der Waals surface area contributed by atoms with Crippen LogP contribution in [-0.2, 0) is 9.22 Å². The zero-order valence-corrected chi connectivity index (χ0v) is 24.5. The summed E-state index contributed by atoms with van der Waals surface area (Å²) < 4.78 is 6.62. The van der Waals surface area contributed by atoms with Crippen molar-refractivity contribution in [2.75, 3.05) is 12.0 Å². The van der Waals surface area contributed by atoms with Gasteiger partial charge in [0, 0.05) is 0 Å². The highest BCUT2D eigenvalue weighted by atomic mass is 32.2. The number of carbonyl (C=O) groups excluding carboxylic acids is 1. The summed E-state index contributed by atoms with van der Waals surface area (Å²) in [5.41, 5.74) is 2.93. The maximum Gasteiger partial charge on any atom is 0.309 e. The molecule has 0 unspecified atom stereocenters. The van der Waals surface area contributed by atoms with E-state index in [-0.39, 0.29) is 12.0 Å². The summed E-state index contributed by atoms with van der Waals surface area (Å²) in [5.74, 6) is 0.992. The minimum Gasteiger partial charge on any atom is -0.517 e. The first-order valence-electron chi connectivity index (χ1n) is 11.7. The number of nitrogens with one attached hydrogen (secondary N) is 1. The highest BCUT2D eigenvalue weighted by molar-refractivity contribution is 7.98. The maximum absolute atomic E-state index is 13.7. The third kappa shape index (κ3) is 6.60. The van der Waals surface area contributed by atoms with Gasteiger partial charge in [-0.15, -0.1) is 0 Å². The Balaban J connectivity index is 6.07. The van der Waals surface area contributed by atoms with Crippen LogP contribution in [0.1, 0.15) is 89.5 Å². The van der Waals surface area contributed by atoms with Crippen molar-refractivity contribution < 1.29 is 9.22 Å². The van der Waals surface area contributed by atoms with Gasteiger partial charge in [0.25, 0.3) is 8.32 Å². The molecular weight excluding hydrogens is 410 g/mol. The number of thioether (sulfide) groups is 1. The molecule has 0 aliphatic rings. The van der Waals surface area contributed by atoms with E-state index in [4.69, 9.17) is 4.43 Å². The Kier molecular flexibility index (Phi) is 12.4. The summed E-state index contributed by atoms with van der Waals surface area (Å²) in [5, 5.41) is 0. The molecule has 0 saturated carbocycles. The highest BCUT2D eigenvalue weighted by Gasteiger charge is 2.50. The predicted molar refractivity (Wildman–Crippen MR) is 138 cm³/mol. The molecular formula is C23H51NO2SSi2. The predicted octanol–water partition coefficient (Wildman–Crippen LogP) is 7.59. The van der Waals surface area contributed by atoms with Crippen molar-refractivity contribution in [1.29, 1.82) is 0 Å². The summed E-state index contributed by atoms with van der Waals surface area (Å²) in [4.78, 5) is 17.7. The van der Waals surface area contributed by atoms with Gasteiger partial charge in [0.1, 0.15) is 8.24 Å². The van der Waals surface area contributed by atoms with Crippen LogP contribution in [0.2, 0.25) is 33.2 Å². The Hall–Kier alpha value is 0.214. The number of hydrogen-bond acceptors (Lipinski definition) is 4. The van der Waals surface area contributed by atoms with Gasteiger partial charge in [0.2, 0.25) is 0 Å². The highest BCUT2D eigenvalue weighted by Crippen LogP contribution is 2.43. The first-order chi connectivity index (χ1) is 13.2. The van der Waals surface area contributed by atoms with Crippen molar-refractivity contribution in [1.82, 2.24) is 4.98 Å². The van der Waals surface area contributed by atoms with Crippen LogP contribution in [0, 0.1) is 0 Å². The lowest BCUT2D eigenvalue weighted by atomic mass is 10.2. The minimum atomic E-state index is -2.23. The van der Waals surface area contributed by atoms with Gasteiger partial charge in [-0.25, -0.2) is 0 Å². The molecule has 0 heterocycles. The number of carbonyl (C=O) groups is 1. The normalized spacial score (nSPS) is 14.7. The van der Waals surface area contributed by atoms with E-state index in [9.17, 15) is 4.79 Å². The Bertz CT molecular complexity index is 450. The molecule has 6 heteroatoms. The SMILES string of the molecule is CSCC[C@H](N[Si](C(C)C)(C(C)C)C(C)C)C(=O)O[Si](C(C)C)(C(C)C)C(C)C. The van der Waals surface area contributed by atoms with Crippen LogP contribution in [-0.4, -0.2) is 40.6 Å². The molecule has 0 aromatic heterocycles. The second-order valence-corrected chi connectivity index (χ2v) is 22.6. The first kappa shape index (κ1) is 29.2. The molecule has 0 spiro atoms. The molecule has 0 bridgehead atoms. The standard InChI is InChI=1S/C23H51NO2SSi2/c1-16(2)28(17(3)4,18(5)6)24-22(14-15-27-13)23(25)26-29(19(7)8,20(9)10)21(11)12/h16-22,24H,14-15H2,1-13H3/t22-/m0/s1. The monoisotopic (exact) mass is 461 g/mol. The zero-order chi connectivity index (χ0) is 23.2. The van der Waals surface area contributed by atoms with Crippen LogP contribution in [0.4, 0.5) is 0 Å². The average molecular weight is 462 g/mol. The third-order valence-corrected chi connectivity index (χ3v) is 20.4. The smallest absolute Gasteiger partial charge is 0.309 e. The van der Waals surface area contributed by atoms with Crippen LogP contribution in [0.15, 0.2) is 0 Å². The lowest BCUT2D eigenvalue weighted by Gasteiger charge is -2.47. The van der Waals surface area contributed by atoms with E-state index in [1.54, 1.807) is 0 Å². The van der Waals surface area contributed by atoms with Gasteiger partial charge in [-0.2, -0.15) is 11.8 Å². The number of rotatable bonds is 13. The molecule has 1 N–H and O–H groups in total. The molecule has 174 valence electrons. The Morgan fingerprint density at radius 2 is 1.14 bits per heavy atom. The Labute approximate surface area is 189 Å². The van der Waals surface area contributed by atoms with Crippen molar-refractivity contribution in [3.63, 3.8) is 0 Å². The van der Waals surface area contributed by atoms with Gasteiger partial charge in [-0.05, 0) is 51.7 Å². The molecule has 1 atom stereocenters. The summed E-state index contributed by atoms with van der Waals surface area (Å²) in [6.45, 7) is 27.5. The molecule has 0 rings (SSSR count). The summed E-state index contributed by atoms with van der Waals surface area (Å²) >= 11 is 1.81. The van der Waals surface area contributed by atoms with Gasteiger partial charge >= 0.3 is 5.97 Å².